The normalized spacial score (nSPS) is 23.5. The molecule has 19 heavy (non-hydrogen) atoms. The molecule has 1 fully saturated rings. The summed E-state index contributed by atoms with van der Waals surface area (Å²) in [6.45, 7) is 0. The van der Waals surface area contributed by atoms with Crippen LogP contribution in [-0.4, -0.2) is 15.6 Å². The maximum atomic E-state index is 5.99. The van der Waals surface area contributed by atoms with E-state index in [1.165, 1.54) is 11.3 Å². The zero-order valence-corrected chi connectivity index (χ0v) is 12.4. The second kappa shape index (κ2) is 5.47. The minimum absolute atomic E-state index is 0.385. The van der Waals surface area contributed by atoms with Crippen molar-refractivity contribution in [3.8, 4) is 11.3 Å². The van der Waals surface area contributed by atoms with Gasteiger partial charge in [0.05, 0.1) is 18.2 Å². The predicted molar refractivity (Wildman–Crippen MR) is 80.8 cm³/mol. The van der Waals surface area contributed by atoms with Crippen LogP contribution in [-0.2, 0) is 0 Å². The van der Waals surface area contributed by atoms with Gasteiger partial charge in [0.2, 0.25) is 0 Å². The number of hydrogen-bond acceptors (Lipinski definition) is 2. The van der Waals surface area contributed by atoms with Crippen molar-refractivity contribution in [1.29, 1.82) is 0 Å². The monoisotopic (exact) mass is 319 g/mol. The van der Waals surface area contributed by atoms with E-state index in [1.807, 2.05) is 12.5 Å². The van der Waals surface area contributed by atoms with E-state index in [4.69, 9.17) is 5.73 Å². The lowest BCUT2D eigenvalue weighted by atomic mass is 9.91. The van der Waals surface area contributed by atoms with E-state index >= 15 is 0 Å². The highest BCUT2D eigenvalue weighted by Crippen LogP contribution is 2.32. The third kappa shape index (κ3) is 2.74. The van der Waals surface area contributed by atoms with Crippen molar-refractivity contribution in [3.63, 3.8) is 0 Å². The van der Waals surface area contributed by atoms with Crippen LogP contribution in [0.2, 0.25) is 0 Å². The maximum absolute atomic E-state index is 5.99. The first-order valence-electron chi connectivity index (χ1n) is 6.77. The topological polar surface area (TPSA) is 43.8 Å². The molecule has 2 aromatic rings. The van der Waals surface area contributed by atoms with E-state index in [-0.39, 0.29) is 0 Å². The van der Waals surface area contributed by atoms with Crippen LogP contribution in [0.4, 0.5) is 0 Å². The summed E-state index contributed by atoms with van der Waals surface area (Å²) in [7, 11) is 0. The average Bonchev–Trinajstić information content (AvgIpc) is 2.90. The number of halogens is 1. The standard InChI is InChI=1S/C15H18BrN3/c16-12-3-1-11(2-4-12)15-9-18-10-19(15)14-7-5-13(17)6-8-14/h1-4,9-10,13-14H,5-8,17H2. The molecule has 0 unspecified atom stereocenters. The smallest absolute Gasteiger partial charge is 0.0953 e. The van der Waals surface area contributed by atoms with Gasteiger partial charge in [-0.15, -0.1) is 0 Å². The van der Waals surface area contributed by atoms with E-state index in [2.05, 4.69) is 49.7 Å². The molecule has 0 saturated heterocycles. The van der Waals surface area contributed by atoms with Crippen molar-refractivity contribution < 1.29 is 0 Å². The van der Waals surface area contributed by atoms with Gasteiger partial charge in [-0.3, -0.25) is 0 Å². The summed E-state index contributed by atoms with van der Waals surface area (Å²) in [6, 6.07) is 9.34. The highest BCUT2D eigenvalue weighted by Gasteiger charge is 2.21. The number of aromatic nitrogens is 2. The fourth-order valence-electron chi connectivity index (χ4n) is 2.82. The highest BCUT2D eigenvalue weighted by atomic mass is 79.9. The van der Waals surface area contributed by atoms with Gasteiger partial charge in [-0.05, 0) is 43.4 Å². The van der Waals surface area contributed by atoms with Gasteiger partial charge in [0.1, 0.15) is 0 Å². The molecular formula is C15H18BrN3. The molecule has 0 aliphatic heterocycles. The molecule has 1 aromatic carbocycles. The first-order valence-corrected chi connectivity index (χ1v) is 7.56. The van der Waals surface area contributed by atoms with Crippen LogP contribution in [0, 0.1) is 0 Å². The lowest BCUT2D eigenvalue weighted by molar-refractivity contribution is 0.325. The summed E-state index contributed by atoms with van der Waals surface area (Å²) >= 11 is 3.47. The molecule has 3 nitrogen and oxygen atoms in total. The van der Waals surface area contributed by atoms with Gasteiger partial charge in [0.15, 0.2) is 0 Å². The van der Waals surface area contributed by atoms with Crippen molar-refractivity contribution in [2.24, 2.45) is 5.73 Å². The molecule has 0 bridgehead atoms. The second-order valence-electron chi connectivity index (χ2n) is 5.26. The molecule has 1 aromatic heterocycles. The van der Waals surface area contributed by atoms with Crippen molar-refractivity contribution in [3.05, 3.63) is 41.3 Å². The third-order valence-corrected chi connectivity index (χ3v) is 4.47. The zero-order valence-electron chi connectivity index (χ0n) is 10.8. The Morgan fingerprint density at radius 2 is 1.79 bits per heavy atom. The number of rotatable bonds is 2. The summed E-state index contributed by atoms with van der Waals surface area (Å²) in [5.41, 5.74) is 8.41. The zero-order chi connectivity index (χ0) is 13.2. The van der Waals surface area contributed by atoms with E-state index < -0.39 is 0 Å². The van der Waals surface area contributed by atoms with Gasteiger partial charge in [-0.25, -0.2) is 4.98 Å². The summed E-state index contributed by atoms with van der Waals surface area (Å²) in [5.74, 6) is 0. The van der Waals surface area contributed by atoms with Gasteiger partial charge in [-0.1, -0.05) is 28.1 Å². The molecule has 0 atom stereocenters. The van der Waals surface area contributed by atoms with Gasteiger partial charge in [-0.2, -0.15) is 0 Å². The molecule has 1 aliphatic carbocycles. The molecule has 3 rings (SSSR count). The minimum Gasteiger partial charge on any atom is -0.328 e. The van der Waals surface area contributed by atoms with E-state index in [9.17, 15) is 0 Å². The molecule has 4 heteroatoms. The Labute approximate surface area is 122 Å². The van der Waals surface area contributed by atoms with Crippen molar-refractivity contribution >= 4 is 15.9 Å². The molecule has 2 N–H and O–H groups in total. The number of nitrogens with zero attached hydrogens (tertiary/aromatic N) is 2. The largest absolute Gasteiger partial charge is 0.328 e. The van der Waals surface area contributed by atoms with Crippen LogP contribution < -0.4 is 5.73 Å². The van der Waals surface area contributed by atoms with Crippen LogP contribution in [0.3, 0.4) is 0 Å². The molecule has 0 amide bonds. The molecule has 1 heterocycles. The summed E-state index contributed by atoms with van der Waals surface area (Å²) in [5, 5.41) is 0. The summed E-state index contributed by atoms with van der Waals surface area (Å²) in [6.07, 6.45) is 8.45. The number of nitrogens with two attached hydrogens (primary N) is 1. The number of imidazole rings is 1. The van der Waals surface area contributed by atoms with E-state index in [0.29, 0.717) is 12.1 Å². The molecule has 1 saturated carbocycles. The molecule has 0 spiro atoms. The van der Waals surface area contributed by atoms with Crippen LogP contribution in [0.25, 0.3) is 11.3 Å². The highest BCUT2D eigenvalue weighted by molar-refractivity contribution is 9.10. The van der Waals surface area contributed by atoms with Crippen molar-refractivity contribution in [1.82, 2.24) is 9.55 Å². The SMILES string of the molecule is NC1CCC(n2cncc2-c2ccc(Br)cc2)CC1. The van der Waals surface area contributed by atoms with Crippen molar-refractivity contribution in [2.45, 2.75) is 37.8 Å². The Kier molecular flexibility index (Phi) is 3.71. The first-order chi connectivity index (χ1) is 9.24. The Hall–Kier alpha value is -1.13. The number of benzene rings is 1. The van der Waals surface area contributed by atoms with Gasteiger partial charge < -0.3 is 10.3 Å². The predicted octanol–water partition coefficient (Wildman–Crippen LogP) is 3.76. The van der Waals surface area contributed by atoms with Crippen LogP contribution >= 0.6 is 15.9 Å². The minimum atomic E-state index is 0.385. The summed E-state index contributed by atoms with van der Waals surface area (Å²) < 4.78 is 3.42. The number of hydrogen-bond donors (Lipinski definition) is 1. The molecule has 100 valence electrons. The Balaban J connectivity index is 1.88. The van der Waals surface area contributed by atoms with Gasteiger partial charge in [0.25, 0.3) is 0 Å². The van der Waals surface area contributed by atoms with Gasteiger partial charge >= 0.3 is 0 Å². The average molecular weight is 320 g/mol. The van der Waals surface area contributed by atoms with E-state index in [1.54, 1.807) is 0 Å². The lowest BCUT2D eigenvalue weighted by Crippen LogP contribution is -2.27. The first kappa shape index (κ1) is 12.9. The van der Waals surface area contributed by atoms with Crippen LogP contribution in [0.1, 0.15) is 31.7 Å². The fourth-order valence-corrected chi connectivity index (χ4v) is 3.08. The van der Waals surface area contributed by atoms with Crippen LogP contribution in [0.15, 0.2) is 41.3 Å². The van der Waals surface area contributed by atoms with Crippen LogP contribution in [0.5, 0.6) is 0 Å². The molecule has 0 radical (unpaired) electrons. The fraction of sp³-hybridized carbons (Fsp3) is 0.400. The second-order valence-corrected chi connectivity index (χ2v) is 6.18. The van der Waals surface area contributed by atoms with E-state index in [0.717, 1.165) is 30.2 Å². The van der Waals surface area contributed by atoms with Crippen molar-refractivity contribution in [2.75, 3.05) is 0 Å². The molecular weight excluding hydrogens is 302 g/mol. The quantitative estimate of drug-likeness (QED) is 0.916. The van der Waals surface area contributed by atoms with Gasteiger partial charge in [0, 0.05) is 16.6 Å². The Morgan fingerprint density at radius 1 is 1.11 bits per heavy atom. The third-order valence-electron chi connectivity index (χ3n) is 3.94. The maximum Gasteiger partial charge on any atom is 0.0953 e. The molecule has 1 aliphatic rings. The summed E-state index contributed by atoms with van der Waals surface area (Å²) in [4.78, 5) is 4.34. The lowest BCUT2D eigenvalue weighted by Gasteiger charge is -2.28. The Bertz CT molecular complexity index is 539. The Morgan fingerprint density at radius 3 is 2.47 bits per heavy atom.